The molecule has 0 fully saturated rings. The van der Waals surface area contributed by atoms with Gasteiger partial charge in [0.1, 0.15) is 29.6 Å². The number of hydrogen-bond acceptors (Lipinski definition) is 11. The Kier molecular flexibility index (Phi) is 15.7. The number of benzene rings is 2. The van der Waals surface area contributed by atoms with Crippen LogP contribution in [-0.2, 0) is 32.0 Å². The van der Waals surface area contributed by atoms with E-state index < -0.39 is 48.0 Å². The summed E-state index contributed by atoms with van der Waals surface area (Å²) in [5.41, 5.74) is 2.18. The van der Waals surface area contributed by atoms with Crippen LogP contribution in [0.4, 0.5) is 0 Å². The Hall–Kier alpha value is -4.28. The van der Waals surface area contributed by atoms with E-state index in [4.69, 9.17) is 0 Å². The molecule has 15 heteroatoms. The van der Waals surface area contributed by atoms with Gasteiger partial charge in [0.15, 0.2) is 0 Å². The maximum atomic E-state index is 14.0. The fourth-order valence-electron chi connectivity index (χ4n) is 5.66. The van der Waals surface area contributed by atoms with E-state index in [1.165, 1.54) is 12.1 Å². The van der Waals surface area contributed by atoms with Crippen molar-refractivity contribution >= 4 is 23.6 Å². The lowest BCUT2D eigenvalue weighted by molar-refractivity contribution is -0.134. The maximum Gasteiger partial charge on any atom is 0.243 e. The lowest BCUT2D eigenvalue weighted by Gasteiger charge is -2.27. The Morgan fingerprint density at radius 1 is 0.837 bits per heavy atom. The van der Waals surface area contributed by atoms with Crippen LogP contribution in [-0.4, -0.2) is 124 Å². The van der Waals surface area contributed by atoms with E-state index in [-0.39, 0.29) is 43.2 Å². The Bertz CT molecular complexity index is 1420. The third kappa shape index (κ3) is 11.7. The second-order valence-corrected chi connectivity index (χ2v) is 12.2. The highest BCUT2D eigenvalue weighted by atomic mass is 16.3. The summed E-state index contributed by atoms with van der Waals surface area (Å²) in [6.45, 7) is 1.62. The Morgan fingerprint density at radius 2 is 1.47 bits per heavy atom. The number of phenolic OH excluding ortho intramolecular Hbond substituents is 2. The molecule has 1 aliphatic rings. The molecule has 5 atom stereocenters. The standard InChI is InChI=1S/C34H52N8O7/c1-35-11-5-6-25(31(46)39-13-12-36-2)40-33(48)27-17-23-15-21(8-10-30(23)45)20-7-9-29(44)22(14-20)16-26(38-4)32(47)42-28(34(49)41-27)18-24(43)19-37-3/h7-10,14-15,24-28,35-38,43-45H,5-6,11-13,16-19H2,1-4H3,(H,39,46)(H,40,48)(H,41,49)(H,42,47)/t24-,25+,26+,27+,28+/m1/s1. The number of phenols is 2. The lowest BCUT2D eigenvalue weighted by Crippen LogP contribution is -2.59. The molecule has 2 aromatic carbocycles. The number of nitrogens with one attached hydrogen (secondary N) is 8. The van der Waals surface area contributed by atoms with Crippen molar-refractivity contribution < 1.29 is 34.5 Å². The highest BCUT2D eigenvalue weighted by Crippen LogP contribution is 2.31. The first-order valence-electron chi connectivity index (χ1n) is 16.6. The molecular weight excluding hydrogens is 632 g/mol. The fraction of sp³-hybridized carbons (Fsp3) is 0.529. The normalized spacial score (nSPS) is 19.4. The molecular formula is C34H52N8O7. The van der Waals surface area contributed by atoms with Crippen LogP contribution in [0, 0.1) is 0 Å². The highest BCUT2D eigenvalue weighted by molar-refractivity contribution is 5.95. The zero-order valence-corrected chi connectivity index (χ0v) is 28.7. The first kappa shape index (κ1) is 39.2. The van der Waals surface area contributed by atoms with Crippen molar-refractivity contribution in [3.8, 4) is 22.6 Å². The molecule has 11 N–H and O–H groups in total. The van der Waals surface area contributed by atoms with Gasteiger partial charge < -0.3 is 57.9 Å². The van der Waals surface area contributed by atoms with Crippen molar-refractivity contribution in [1.82, 2.24) is 42.5 Å². The molecule has 2 aromatic rings. The Morgan fingerprint density at radius 3 is 2.06 bits per heavy atom. The summed E-state index contributed by atoms with van der Waals surface area (Å²) in [5, 5.41) is 55.0. The molecule has 270 valence electrons. The molecule has 0 radical (unpaired) electrons. The quantitative estimate of drug-likeness (QED) is 0.0940. The van der Waals surface area contributed by atoms with Crippen LogP contribution < -0.4 is 42.5 Å². The molecule has 1 aliphatic heterocycles. The monoisotopic (exact) mass is 684 g/mol. The van der Waals surface area contributed by atoms with Gasteiger partial charge in [-0.25, -0.2) is 0 Å². The molecule has 4 bridgehead atoms. The van der Waals surface area contributed by atoms with Crippen molar-refractivity contribution in [2.75, 3.05) is 54.4 Å². The molecule has 3 rings (SSSR count). The topological polar surface area (TPSA) is 225 Å². The van der Waals surface area contributed by atoms with Crippen molar-refractivity contribution in [2.24, 2.45) is 0 Å². The van der Waals surface area contributed by atoms with Gasteiger partial charge in [-0.15, -0.1) is 0 Å². The summed E-state index contributed by atoms with van der Waals surface area (Å²) < 4.78 is 0. The predicted molar refractivity (Wildman–Crippen MR) is 186 cm³/mol. The summed E-state index contributed by atoms with van der Waals surface area (Å²) in [6.07, 6.45) is -0.377. The van der Waals surface area contributed by atoms with Crippen LogP contribution in [0.5, 0.6) is 11.5 Å². The van der Waals surface area contributed by atoms with Gasteiger partial charge in [0.25, 0.3) is 0 Å². The molecule has 1 heterocycles. The van der Waals surface area contributed by atoms with E-state index in [1.54, 1.807) is 52.5 Å². The molecule has 15 nitrogen and oxygen atoms in total. The van der Waals surface area contributed by atoms with Gasteiger partial charge >= 0.3 is 0 Å². The van der Waals surface area contributed by atoms with Gasteiger partial charge in [0.05, 0.1) is 12.1 Å². The number of aliphatic hydroxyl groups excluding tert-OH is 1. The predicted octanol–water partition coefficient (Wildman–Crippen LogP) is -1.79. The average Bonchev–Trinajstić information content (AvgIpc) is 3.07. The average molecular weight is 685 g/mol. The molecule has 0 unspecified atom stereocenters. The first-order chi connectivity index (χ1) is 23.5. The maximum absolute atomic E-state index is 14.0. The summed E-state index contributed by atoms with van der Waals surface area (Å²) >= 11 is 0. The zero-order chi connectivity index (χ0) is 35.9. The molecule has 4 amide bonds. The summed E-state index contributed by atoms with van der Waals surface area (Å²) in [5.74, 6) is -2.47. The largest absolute Gasteiger partial charge is 0.508 e. The number of rotatable bonds is 15. The minimum Gasteiger partial charge on any atom is -0.508 e. The van der Waals surface area contributed by atoms with Gasteiger partial charge in [0.2, 0.25) is 23.6 Å². The van der Waals surface area contributed by atoms with Crippen LogP contribution in [0.3, 0.4) is 0 Å². The molecule has 0 aromatic heterocycles. The Labute approximate surface area is 287 Å². The van der Waals surface area contributed by atoms with Crippen LogP contribution in [0.1, 0.15) is 30.4 Å². The van der Waals surface area contributed by atoms with E-state index >= 15 is 0 Å². The SMILES string of the molecule is CNCCC[C@H](NC(=O)[C@@H]1Cc2cc(ccc2O)-c2ccc(O)c(c2)C[C@H](NC)C(=O)N[C@@H](C[C@@H](O)CNC)C(=O)N1)C(=O)NCCNC. The Balaban J connectivity index is 2.08. The fourth-order valence-corrected chi connectivity index (χ4v) is 5.66. The van der Waals surface area contributed by atoms with E-state index in [0.29, 0.717) is 54.7 Å². The van der Waals surface area contributed by atoms with Gasteiger partial charge in [-0.3, -0.25) is 19.2 Å². The number of aromatic hydroxyl groups is 2. The number of likely N-dealkylation sites (N-methyl/N-ethyl adjacent to an activating group) is 3. The third-order valence-corrected chi connectivity index (χ3v) is 8.45. The smallest absolute Gasteiger partial charge is 0.243 e. The summed E-state index contributed by atoms with van der Waals surface area (Å²) in [4.78, 5) is 54.6. The van der Waals surface area contributed by atoms with Gasteiger partial charge in [-0.2, -0.15) is 0 Å². The number of hydrogen-bond donors (Lipinski definition) is 11. The number of carbonyl (C=O) groups excluding carboxylic acids is 4. The first-order valence-corrected chi connectivity index (χ1v) is 16.6. The van der Waals surface area contributed by atoms with E-state index in [9.17, 15) is 34.5 Å². The van der Waals surface area contributed by atoms with Crippen LogP contribution >= 0.6 is 0 Å². The van der Waals surface area contributed by atoms with Crippen LogP contribution in [0.15, 0.2) is 36.4 Å². The van der Waals surface area contributed by atoms with E-state index in [0.717, 1.165) is 0 Å². The summed E-state index contributed by atoms with van der Waals surface area (Å²) in [7, 11) is 6.76. The van der Waals surface area contributed by atoms with Gasteiger partial charge in [-0.1, -0.05) is 12.1 Å². The van der Waals surface area contributed by atoms with Gasteiger partial charge in [0, 0.05) is 38.9 Å². The number of carbonyl (C=O) groups is 4. The van der Waals surface area contributed by atoms with Gasteiger partial charge in [-0.05, 0) is 94.1 Å². The molecule has 49 heavy (non-hydrogen) atoms. The molecule has 0 spiro atoms. The third-order valence-electron chi connectivity index (χ3n) is 8.45. The molecule has 0 aliphatic carbocycles. The lowest BCUT2D eigenvalue weighted by atomic mass is 9.95. The molecule has 0 saturated heterocycles. The van der Waals surface area contributed by atoms with Crippen molar-refractivity contribution in [3.05, 3.63) is 47.5 Å². The van der Waals surface area contributed by atoms with Crippen LogP contribution in [0.25, 0.3) is 11.1 Å². The van der Waals surface area contributed by atoms with Crippen molar-refractivity contribution in [1.29, 1.82) is 0 Å². The number of aliphatic hydroxyl groups is 1. The van der Waals surface area contributed by atoms with E-state index in [2.05, 4.69) is 42.5 Å². The second-order valence-electron chi connectivity index (χ2n) is 12.2. The van der Waals surface area contributed by atoms with Crippen molar-refractivity contribution in [2.45, 2.75) is 62.4 Å². The number of fused-ring (bicyclic) bond motifs is 5. The minimum atomic E-state index is -1.29. The zero-order valence-electron chi connectivity index (χ0n) is 28.7. The summed E-state index contributed by atoms with van der Waals surface area (Å²) in [6, 6.07) is 5.52. The molecule has 0 saturated carbocycles. The second kappa shape index (κ2) is 19.7. The highest BCUT2D eigenvalue weighted by Gasteiger charge is 2.33. The van der Waals surface area contributed by atoms with Crippen molar-refractivity contribution in [3.63, 3.8) is 0 Å². The van der Waals surface area contributed by atoms with Crippen LogP contribution in [0.2, 0.25) is 0 Å². The minimum absolute atomic E-state index is 0.0187. The van der Waals surface area contributed by atoms with E-state index in [1.807, 2.05) is 0 Å². The number of amides is 4.